The Labute approximate surface area is 227 Å². The van der Waals surface area contributed by atoms with E-state index in [1.165, 1.54) is 24.0 Å². The molecular weight excluding hydrogens is 520 g/mol. The van der Waals surface area contributed by atoms with E-state index in [4.69, 9.17) is 21.3 Å². The number of nitrogens with zero attached hydrogens (tertiary/aromatic N) is 2. The summed E-state index contributed by atoms with van der Waals surface area (Å²) in [7, 11) is 1.32. The van der Waals surface area contributed by atoms with E-state index < -0.39 is 5.97 Å². The van der Waals surface area contributed by atoms with Gasteiger partial charge in [0.1, 0.15) is 5.75 Å². The molecular formula is C30H23ClN2O4S. The number of rotatable bonds is 5. The van der Waals surface area contributed by atoms with Crippen molar-refractivity contribution in [2.75, 3.05) is 13.7 Å². The molecule has 4 aromatic rings. The summed E-state index contributed by atoms with van der Waals surface area (Å²) in [5.41, 5.74) is 6.19. The summed E-state index contributed by atoms with van der Waals surface area (Å²) >= 11 is 7.57. The van der Waals surface area contributed by atoms with Crippen molar-refractivity contribution in [1.29, 1.82) is 0 Å². The molecule has 0 saturated heterocycles. The minimum absolute atomic E-state index is 0.0972. The smallest absolute Gasteiger partial charge is 0.343 e. The van der Waals surface area contributed by atoms with E-state index in [1.54, 1.807) is 12.1 Å². The molecule has 1 aliphatic carbocycles. The van der Waals surface area contributed by atoms with E-state index in [-0.39, 0.29) is 18.2 Å². The lowest BCUT2D eigenvalue weighted by atomic mass is 9.83. The minimum Gasteiger partial charge on any atom is -0.482 e. The fraction of sp³-hybridized carbons (Fsp3) is 0.167. The van der Waals surface area contributed by atoms with Crippen molar-refractivity contribution in [1.82, 2.24) is 4.57 Å². The Kier molecular flexibility index (Phi) is 6.47. The number of carbonyl (C=O) groups is 1. The number of hydrogen-bond acceptors (Lipinski definition) is 6. The first-order chi connectivity index (χ1) is 18.5. The third kappa shape index (κ3) is 4.48. The molecule has 2 aliphatic rings. The molecule has 0 saturated carbocycles. The Bertz CT molecular complexity index is 1770. The predicted octanol–water partition coefficient (Wildman–Crippen LogP) is 4.52. The molecule has 2 heterocycles. The SMILES string of the molecule is COC(=O)COc1cccc(C=c2sc3n(c2=O)C(c2ccc(Cl)cc2)C2=C(N=3)c3ccccc3CC2)c1. The van der Waals surface area contributed by atoms with Crippen molar-refractivity contribution in [2.45, 2.75) is 18.9 Å². The molecule has 3 aromatic carbocycles. The first-order valence-electron chi connectivity index (χ1n) is 12.2. The number of benzene rings is 3. The third-order valence-corrected chi connectivity index (χ3v) is 8.03. The van der Waals surface area contributed by atoms with Crippen molar-refractivity contribution < 1.29 is 14.3 Å². The summed E-state index contributed by atoms with van der Waals surface area (Å²) in [6, 6.07) is 23.1. The van der Waals surface area contributed by atoms with Crippen molar-refractivity contribution >= 4 is 40.7 Å². The number of hydrogen-bond donors (Lipinski definition) is 0. The molecule has 6 rings (SSSR count). The molecule has 38 heavy (non-hydrogen) atoms. The number of fused-ring (bicyclic) bond motifs is 3. The van der Waals surface area contributed by atoms with Gasteiger partial charge < -0.3 is 9.47 Å². The standard InChI is InChI=1S/C30H23ClN2O4S/c1-36-26(34)17-37-22-7-4-5-18(15-22)16-25-29(35)33-28(20-9-12-21(31)13-10-20)24-14-11-19-6-2-3-8-23(19)27(24)32-30(33)38-25/h2-10,12-13,15-16,28H,11,14,17H2,1H3. The van der Waals surface area contributed by atoms with Gasteiger partial charge in [0.15, 0.2) is 11.4 Å². The molecule has 0 radical (unpaired) electrons. The van der Waals surface area contributed by atoms with Crippen LogP contribution in [0.25, 0.3) is 11.8 Å². The Morgan fingerprint density at radius 2 is 1.92 bits per heavy atom. The zero-order valence-electron chi connectivity index (χ0n) is 20.5. The highest BCUT2D eigenvalue weighted by molar-refractivity contribution is 7.07. The van der Waals surface area contributed by atoms with Gasteiger partial charge in [-0.05, 0) is 65.4 Å². The molecule has 190 valence electrons. The van der Waals surface area contributed by atoms with E-state index in [0.717, 1.165) is 40.8 Å². The van der Waals surface area contributed by atoms with E-state index in [1.807, 2.05) is 53.1 Å². The van der Waals surface area contributed by atoms with E-state index >= 15 is 0 Å². The minimum atomic E-state index is -0.462. The maximum atomic E-state index is 13.9. The first-order valence-corrected chi connectivity index (χ1v) is 13.4. The lowest BCUT2D eigenvalue weighted by molar-refractivity contribution is -0.142. The van der Waals surface area contributed by atoms with Crippen LogP contribution in [0.2, 0.25) is 5.02 Å². The molecule has 1 aromatic heterocycles. The topological polar surface area (TPSA) is 69.9 Å². The Morgan fingerprint density at radius 1 is 1.11 bits per heavy atom. The van der Waals surface area contributed by atoms with Gasteiger partial charge in [-0.1, -0.05) is 71.5 Å². The van der Waals surface area contributed by atoms with E-state index in [2.05, 4.69) is 22.9 Å². The Balaban J connectivity index is 1.49. The number of aryl methyl sites for hydroxylation is 1. The summed E-state index contributed by atoms with van der Waals surface area (Å²) in [6.45, 7) is -0.184. The molecule has 0 spiro atoms. The van der Waals surface area contributed by atoms with Crippen LogP contribution in [0.4, 0.5) is 0 Å². The number of halogens is 1. The van der Waals surface area contributed by atoms with E-state index in [0.29, 0.717) is 20.1 Å². The molecule has 0 N–H and O–H groups in total. The summed E-state index contributed by atoms with van der Waals surface area (Å²) in [4.78, 5) is 31.0. The summed E-state index contributed by atoms with van der Waals surface area (Å²) < 4.78 is 12.5. The van der Waals surface area contributed by atoms with Crippen molar-refractivity contribution in [3.8, 4) is 5.75 Å². The van der Waals surface area contributed by atoms with Crippen LogP contribution in [0.5, 0.6) is 5.75 Å². The van der Waals surface area contributed by atoms with Crippen LogP contribution in [0.15, 0.2) is 88.2 Å². The van der Waals surface area contributed by atoms with Crippen LogP contribution < -0.4 is 19.6 Å². The first kappa shape index (κ1) is 24.4. The van der Waals surface area contributed by atoms with Crippen LogP contribution in [-0.2, 0) is 16.0 Å². The number of thiazole rings is 1. The summed E-state index contributed by atoms with van der Waals surface area (Å²) in [6.07, 6.45) is 3.56. The molecule has 0 fully saturated rings. The quantitative estimate of drug-likeness (QED) is 0.348. The van der Waals surface area contributed by atoms with Crippen LogP contribution in [0.1, 0.15) is 34.7 Å². The highest BCUT2D eigenvalue weighted by atomic mass is 35.5. The second-order valence-electron chi connectivity index (χ2n) is 9.10. The van der Waals surface area contributed by atoms with Crippen LogP contribution in [-0.4, -0.2) is 24.3 Å². The van der Waals surface area contributed by atoms with Gasteiger partial charge in [-0.2, -0.15) is 0 Å². The second kappa shape index (κ2) is 10.1. The number of methoxy groups -OCH3 is 1. The summed E-state index contributed by atoms with van der Waals surface area (Å²) in [5.74, 6) is 0.0551. The summed E-state index contributed by atoms with van der Waals surface area (Å²) in [5, 5.41) is 0.652. The zero-order valence-corrected chi connectivity index (χ0v) is 22.1. The predicted molar refractivity (Wildman–Crippen MR) is 148 cm³/mol. The van der Waals surface area contributed by atoms with Gasteiger partial charge in [-0.3, -0.25) is 9.36 Å². The number of esters is 1. The van der Waals surface area contributed by atoms with Gasteiger partial charge in [-0.15, -0.1) is 0 Å². The lowest BCUT2D eigenvalue weighted by Crippen LogP contribution is -2.38. The molecule has 1 aliphatic heterocycles. The monoisotopic (exact) mass is 542 g/mol. The maximum absolute atomic E-state index is 13.9. The average Bonchev–Trinajstić information content (AvgIpc) is 3.25. The Hall–Kier alpha value is -3.94. The lowest BCUT2D eigenvalue weighted by Gasteiger charge is -2.30. The van der Waals surface area contributed by atoms with Gasteiger partial charge in [0.25, 0.3) is 5.56 Å². The van der Waals surface area contributed by atoms with Gasteiger partial charge in [-0.25, -0.2) is 9.79 Å². The van der Waals surface area contributed by atoms with Crippen molar-refractivity contribution in [2.24, 2.45) is 4.99 Å². The average molecular weight is 543 g/mol. The highest BCUT2D eigenvalue weighted by Crippen LogP contribution is 2.41. The van der Waals surface area contributed by atoms with Gasteiger partial charge in [0, 0.05) is 10.6 Å². The molecule has 1 atom stereocenters. The van der Waals surface area contributed by atoms with Gasteiger partial charge in [0.2, 0.25) is 0 Å². The van der Waals surface area contributed by atoms with E-state index in [9.17, 15) is 9.59 Å². The van der Waals surface area contributed by atoms with Gasteiger partial charge in [0.05, 0.1) is 23.4 Å². The number of carbonyl (C=O) groups excluding carboxylic acids is 1. The zero-order chi connectivity index (χ0) is 26.2. The fourth-order valence-corrected chi connectivity index (χ4v) is 6.14. The highest BCUT2D eigenvalue weighted by Gasteiger charge is 2.32. The van der Waals surface area contributed by atoms with Crippen LogP contribution >= 0.6 is 22.9 Å². The number of aromatic nitrogens is 1. The molecule has 1 unspecified atom stereocenters. The van der Waals surface area contributed by atoms with Gasteiger partial charge >= 0.3 is 5.97 Å². The molecule has 8 heteroatoms. The fourth-order valence-electron chi connectivity index (χ4n) is 5.01. The third-order valence-electron chi connectivity index (χ3n) is 6.80. The second-order valence-corrected chi connectivity index (χ2v) is 10.5. The van der Waals surface area contributed by atoms with Crippen molar-refractivity contribution in [3.05, 3.63) is 125 Å². The molecule has 6 nitrogen and oxygen atoms in total. The van der Waals surface area contributed by atoms with Crippen LogP contribution in [0, 0.1) is 0 Å². The number of allylic oxidation sites excluding steroid dienone is 1. The molecule has 0 amide bonds. The maximum Gasteiger partial charge on any atom is 0.343 e. The van der Waals surface area contributed by atoms with Crippen molar-refractivity contribution in [3.63, 3.8) is 0 Å². The normalized spacial score (nSPS) is 16.3. The largest absolute Gasteiger partial charge is 0.482 e. The number of ether oxygens (including phenoxy) is 2. The van der Waals surface area contributed by atoms with Crippen LogP contribution in [0.3, 0.4) is 0 Å². The Morgan fingerprint density at radius 3 is 2.74 bits per heavy atom. The molecule has 0 bridgehead atoms.